The van der Waals surface area contributed by atoms with Crippen LogP contribution in [0, 0.1) is 22.2 Å². The van der Waals surface area contributed by atoms with Crippen LogP contribution in [0.25, 0.3) is 0 Å². The van der Waals surface area contributed by atoms with Gasteiger partial charge >= 0.3 is 0 Å². The van der Waals surface area contributed by atoms with Crippen LogP contribution in [0.5, 0.6) is 0 Å². The Hall–Kier alpha value is -0.630. The number of aliphatic hydroxyl groups is 1. The third-order valence-electron chi connectivity index (χ3n) is 6.84. The monoisotopic (exact) mass is 276 g/mol. The van der Waals surface area contributed by atoms with Crippen molar-refractivity contribution in [2.24, 2.45) is 22.2 Å². The first kappa shape index (κ1) is 14.3. The maximum absolute atomic E-state index is 12.4. The van der Waals surface area contributed by atoms with E-state index >= 15 is 0 Å². The summed E-state index contributed by atoms with van der Waals surface area (Å²) in [5.41, 5.74) is 1.45. The Morgan fingerprint density at radius 1 is 1.25 bits per heavy atom. The van der Waals surface area contributed by atoms with E-state index in [1.807, 2.05) is 0 Å². The molecule has 0 aromatic carbocycles. The molecule has 3 atom stereocenters. The summed E-state index contributed by atoms with van der Waals surface area (Å²) in [5.74, 6) is 0.883. The number of aliphatic hydroxyl groups excluding tert-OH is 1. The molecule has 0 spiro atoms. The van der Waals surface area contributed by atoms with Gasteiger partial charge in [-0.05, 0) is 49.9 Å². The molecule has 0 radical (unpaired) electrons. The molecule has 1 N–H and O–H groups in total. The van der Waals surface area contributed by atoms with Crippen molar-refractivity contribution in [2.45, 2.75) is 65.7 Å². The largest absolute Gasteiger partial charge is 0.395 e. The number of carbonyl (C=O) groups is 1. The Bertz CT molecular complexity index is 462. The summed E-state index contributed by atoms with van der Waals surface area (Å²) in [6.45, 7) is 6.95. The summed E-state index contributed by atoms with van der Waals surface area (Å²) in [6.07, 6.45) is 9.73. The first-order valence-electron chi connectivity index (χ1n) is 8.22. The summed E-state index contributed by atoms with van der Waals surface area (Å²) in [5, 5.41) is 10.1. The molecule has 0 aromatic heterocycles. The molecule has 112 valence electrons. The summed E-state index contributed by atoms with van der Waals surface area (Å²) < 4.78 is 0. The molecule has 0 aliphatic heterocycles. The number of ketones is 1. The van der Waals surface area contributed by atoms with Crippen molar-refractivity contribution in [3.05, 3.63) is 11.6 Å². The zero-order chi connectivity index (χ0) is 14.6. The molecule has 3 rings (SSSR count). The maximum atomic E-state index is 12.4. The lowest BCUT2D eigenvalue weighted by Gasteiger charge is -2.60. The number of carbonyl (C=O) groups excluding carboxylic acids is 1. The lowest BCUT2D eigenvalue weighted by molar-refractivity contribution is -0.142. The second-order valence-corrected chi connectivity index (χ2v) is 8.10. The fourth-order valence-electron chi connectivity index (χ4n) is 5.66. The van der Waals surface area contributed by atoms with E-state index in [0.29, 0.717) is 18.1 Å². The van der Waals surface area contributed by atoms with Crippen LogP contribution >= 0.6 is 0 Å². The quantitative estimate of drug-likeness (QED) is 0.738. The summed E-state index contributed by atoms with van der Waals surface area (Å²) in [6, 6.07) is 0. The van der Waals surface area contributed by atoms with Gasteiger partial charge in [-0.15, -0.1) is 0 Å². The molecule has 0 aromatic rings. The van der Waals surface area contributed by atoms with Crippen molar-refractivity contribution in [2.75, 3.05) is 6.61 Å². The minimum Gasteiger partial charge on any atom is -0.395 e. The van der Waals surface area contributed by atoms with Gasteiger partial charge in [-0.1, -0.05) is 32.4 Å². The van der Waals surface area contributed by atoms with Crippen LogP contribution in [0.4, 0.5) is 0 Å². The standard InChI is InChI=1S/C18H28O2/c1-16(2)13-7-11-18(12-19)9-5-4-6-14(18)17(13,3)10-8-15(16)20/h6,13,19H,4-5,7-12H2,1-3H3/t13?,17-,18?/m1/s1. The average molecular weight is 276 g/mol. The van der Waals surface area contributed by atoms with Crippen molar-refractivity contribution < 1.29 is 9.90 Å². The highest BCUT2D eigenvalue weighted by Gasteiger charge is 2.59. The number of hydrogen-bond acceptors (Lipinski definition) is 2. The van der Waals surface area contributed by atoms with E-state index in [1.54, 1.807) is 0 Å². The lowest BCUT2D eigenvalue weighted by atomic mass is 9.44. The highest BCUT2D eigenvalue weighted by Crippen LogP contribution is 2.65. The van der Waals surface area contributed by atoms with E-state index < -0.39 is 0 Å². The van der Waals surface area contributed by atoms with E-state index in [2.05, 4.69) is 26.8 Å². The van der Waals surface area contributed by atoms with Crippen molar-refractivity contribution in [3.63, 3.8) is 0 Å². The summed E-state index contributed by atoms with van der Waals surface area (Å²) in [4.78, 5) is 12.4. The topological polar surface area (TPSA) is 37.3 Å². The normalized spacial score (nSPS) is 43.5. The minimum absolute atomic E-state index is 0.0277. The van der Waals surface area contributed by atoms with Crippen LogP contribution in [0.1, 0.15) is 65.7 Å². The minimum atomic E-state index is -0.201. The third kappa shape index (κ3) is 1.70. The van der Waals surface area contributed by atoms with E-state index in [4.69, 9.17) is 0 Å². The smallest absolute Gasteiger partial charge is 0.138 e. The van der Waals surface area contributed by atoms with Gasteiger partial charge in [0.15, 0.2) is 0 Å². The molecule has 0 bridgehead atoms. The van der Waals surface area contributed by atoms with Crippen LogP contribution in [-0.2, 0) is 4.79 Å². The van der Waals surface area contributed by atoms with Crippen molar-refractivity contribution in [1.29, 1.82) is 0 Å². The fourth-order valence-corrected chi connectivity index (χ4v) is 5.66. The Morgan fingerprint density at radius 3 is 2.70 bits per heavy atom. The van der Waals surface area contributed by atoms with E-state index in [1.165, 1.54) is 12.0 Å². The second kappa shape index (κ2) is 4.43. The third-order valence-corrected chi connectivity index (χ3v) is 6.84. The van der Waals surface area contributed by atoms with Gasteiger partial charge in [0.2, 0.25) is 0 Å². The Balaban J connectivity index is 2.07. The van der Waals surface area contributed by atoms with Crippen LogP contribution in [0.15, 0.2) is 11.6 Å². The molecule has 3 aliphatic carbocycles. The Kier molecular flexibility index (Phi) is 3.17. The van der Waals surface area contributed by atoms with Crippen molar-refractivity contribution in [3.8, 4) is 0 Å². The van der Waals surface area contributed by atoms with E-state index in [-0.39, 0.29) is 22.9 Å². The molecule has 2 unspecified atom stereocenters. The van der Waals surface area contributed by atoms with Crippen LogP contribution in [0.3, 0.4) is 0 Å². The molecule has 2 heteroatoms. The first-order chi connectivity index (χ1) is 9.37. The fraction of sp³-hybridized carbons (Fsp3) is 0.833. The molecule has 20 heavy (non-hydrogen) atoms. The Labute approximate surface area is 122 Å². The summed E-state index contributed by atoms with van der Waals surface area (Å²) >= 11 is 0. The van der Waals surface area contributed by atoms with Gasteiger partial charge in [0.25, 0.3) is 0 Å². The SMILES string of the molecule is CC1(C)C(=O)CC[C@@]2(C)C3=CCCCC3(CO)CCC12. The van der Waals surface area contributed by atoms with E-state index in [0.717, 1.165) is 32.1 Å². The number of fused-ring (bicyclic) bond motifs is 3. The van der Waals surface area contributed by atoms with Gasteiger partial charge in [0, 0.05) is 17.3 Å². The zero-order valence-electron chi connectivity index (χ0n) is 13.2. The molecule has 2 nitrogen and oxygen atoms in total. The predicted molar refractivity (Wildman–Crippen MR) is 80.3 cm³/mol. The molecule has 0 amide bonds. The number of hydrogen-bond donors (Lipinski definition) is 1. The molecule has 2 fully saturated rings. The van der Waals surface area contributed by atoms with Gasteiger partial charge in [0.1, 0.15) is 5.78 Å². The van der Waals surface area contributed by atoms with Gasteiger partial charge < -0.3 is 5.11 Å². The number of rotatable bonds is 1. The molecule has 0 saturated heterocycles. The van der Waals surface area contributed by atoms with Crippen molar-refractivity contribution >= 4 is 5.78 Å². The molecule has 3 aliphatic rings. The van der Waals surface area contributed by atoms with Crippen molar-refractivity contribution in [1.82, 2.24) is 0 Å². The zero-order valence-corrected chi connectivity index (χ0v) is 13.2. The predicted octanol–water partition coefficient (Wildman–Crippen LogP) is 3.88. The van der Waals surface area contributed by atoms with Crippen LogP contribution < -0.4 is 0 Å². The van der Waals surface area contributed by atoms with Gasteiger partial charge in [-0.2, -0.15) is 0 Å². The van der Waals surface area contributed by atoms with E-state index in [9.17, 15) is 9.90 Å². The summed E-state index contributed by atoms with van der Waals surface area (Å²) in [7, 11) is 0. The highest BCUT2D eigenvalue weighted by atomic mass is 16.3. The van der Waals surface area contributed by atoms with Gasteiger partial charge in [0.05, 0.1) is 6.61 Å². The van der Waals surface area contributed by atoms with Gasteiger partial charge in [-0.25, -0.2) is 0 Å². The molecule has 2 saturated carbocycles. The first-order valence-corrected chi connectivity index (χ1v) is 8.22. The Morgan fingerprint density at radius 2 is 2.00 bits per heavy atom. The lowest BCUT2D eigenvalue weighted by Crippen LogP contribution is -2.55. The molecule has 0 heterocycles. The highest BCUT2D eigenvalue weighted by molar-refractivity contribution is 5.85. The van der Waals surface area contributed by atoms with Crippen LogP contribution in [-0.4, -0.2) is 17.5 Å². The van der Waals surface area contributed by atoms with Gasteiger partial charge in [-0.3, -0.25) is 4.79 Å². The molecular formula is C18H28O2. The number of Topliss-reactive ketones (excluding diaryl/α,β-unsaturated/α-hetero) is 1. The average Bonchev–Trinajstić information content (AvgIpc) is 2.43. The second-order valence-electron chi connectivity index (χ2n) is 8.10. The number of allylic oxidation sites excluding steroid dienone is 1. The van der Waals surface area contributed by atoms with Crippen LogP contribution in [0.2, 0.25) is 0 Å². The maximum Gasteiger partial charge on any atom is 0.138 e. The molecular weight excluding hydrogens is 248 g/mol.